The van der Waals surface area contributed by atoms with Crippen LogP contribution in [0.4, 0.5) is 8.78 Å². The summed E-state index contributed by atoms with van der Waals surface area (Å²) in [6.45, 7) is 5.37. The van der Waals surface area contributed by atoms with E-state index in [4.69, 9.17) is 14.0 Å². The highest BCUT2D eigenvalue weighted by molar-refractivity contribution is 5.94. The van der Waals surface area contributed by atoms with Crippen molar-refractivity contribution in [3.05, 3.63) is 76.8 Å². The molecule has 39 heavy (non-hydrogen) atoms. The minimum Gasteiger partial charge on any atom is -0.493 e. The molecule has 0 atom stereocenters. The predicted molar refractivity (Wildman–Crippen MR) is 139 cm³/mol. The number of aromatic nitrogens is 3. The van der Waals surface area contributed by atoms with E-state index >= 15 is 0 Å². The summed E-state index contributed by atoms with van der Waals surface area (Å²) in [6, 6.07) is 11.0. The fourth-order valence-corrected chi connectivity index (χ4v) is 4.08. The fraction of sp³-hybridized carbons (Fsp3) is 0.286. The Morgan fingerprint density at radius 2 is 1.97 bits per heavy atom. The van der Waals surface area contributed by atoms with Gasteiger partial charge in [0.05, 0.1) is 43.8 Å². The second-order valence-corrected chi connectivity index (χ2v) is 8.99. The van der Waals surface area contributed by atoms with Crippen molar-refractivity contribution in [2.75, 3.05) is 13.2 Å². The largest absolute Gasteiger partial charge is 0.493 e. The van der Waals surface area contributed by atoms with Crippen LogP contribution in [-0.4, -0.2) is 45.5 Å². The Labute approximate surface area is 223 Å². The van der Waals surface area contributed by atoms with E-state index in [9.17, 15) is 13.6 Å². The summed E-state index contributed by atoms with van der Waals surface area (Å²) in [6.07, 6.45) is 3.07. The first-order valence-electron chi connectivity index (χ1n) is 12.7. The van der Waals surface area contributed by atoms with Gasteiger partial charge in [-0.1, -0.05) is 25.1 Å². The molecule has 1 aliphatic rings. The van der Waals surface area contributed by atoms with Crippen LogP contribution >= 0.6 is 0 Å². The lowest BCUT2D eigenvalue weighted by molar-refractivity contribution is 0.0500. The third kappa shape index (κ3) is 5.66. The third-order valence-corrected chi connectivity index (χ3v) is 5.99. The van der Waals surface area contributed by atoms with Gasteiger partial charge in [-0.3, -0.25) is 5.01 Å². The maximum atomic E-state index is 14.2. The van der Waals surface area contributed by atoms with Crippen LogP contribution in [0.2, 0.25) is 0 Å². The first-order chi connectivity index (χ1) is 19.0. The minimum atomic E-state index is -0.960. The second-order valence-electron chi connectivity index (χ2n) is 8.99. The van der Waals surface area contributed by atoms with Gasteiger partial charge < -0.3 is 19.0 Å². The molecule has 0 bridgehead atoms. The van der Waals surface area contributed by atoms with Crippen LogP contribution in [0.25, 0.3) is 22.6 Å². The summed E-state index contributed by atoms with van der Waals surface area (Å²) < 4.78 is 44.5. The number of carbonyl (C=O) groups is 1. The van der Waals surface area contributed by atoms with Gasteiger partial charge in [0.1, 0.15) is 28.5 Å². The molecule has 4 aromatic rings. The number of imidazole rings is 1. The van der Waals surface area contributed by atoms with E-state index in [1.165, 1.54) is 12.1 Å². The number of fused-ring (bicyclic) bond motifs is 1. The molecule has 2 aromatic carbocycles. The van der Waals surface area contributed by atoms with Crippen molar-refractivity contribution in [1.82, 2.24) is 20.1 Å². The Morgan fingerprint density at radius 1 is 1.13 bits per heavy atom. The molecule has 0 saturated carbocycles. The highest BCUT2D eigenvalue weighted by atomic mass is 19.2. The summed E-state index contributed by atoms with van der Waals surface area (Å²) in [5.74, 6) is -1.12. The SMILES string of the molecule is CCCOC(=O)c1cc(-c2cc(CN3Cc4[nH]c(-c5cccc(F)c5F)nc4C=N3)on2)ccc1OCCC. The number of hydrogen-bond acceptors (Lipinski definition) is 8. The van der Waals surface area contributed by atoms with Crippen molar-refractivity contribution < 1.29 is 27.6 Å². The highest BCUT2D eigenvalue weighted by Gasteiger charge is 2.22. The van der Waals surface area contributed by atoms with Gasteiger partial charge in [0.25, 0.3) is 0 Å². The lowest BCUT2D eigenvalue weighted by atomic mass is 10.1. The average molecular weight is 536 g/mol. The second kappa shape index (κ2) is 11.5. The van der Waals surface area contributed by atoms with E-state index in [0.717, 1.165) is 12.5 Å². The molecule has 0 spiro atoms. The average Bonchev–Trinajstić information content (AvgIpc) is 3.59. The number of nitrogens with zero attached hydrogens (tertiary/aromatic N) is 4. The van der Waals surface area contributed by atoms with E-state index in [1.54, 1.807) is 29.4 Å². The number of hydrazone groups is 1. The number of carbonyl (C=O) groups excluding carboxylic acids is 1. The number of ether oxygens (including phenoxy) is 2. The van der Waals surface area contributed by atoms with E-state index in [2.05, 4.69) is 20.2 Å². The highest BCUT2D eigenvalue weighted by Crippen LogP contribution is 2.29. The number of halogens is 2. The van der Waals surface area contributed by atoms with Gasteiger partial charge in [0, 0.05) is 11.6 Å². The molecule has 1 aliphatic heterocycles. The van der Waals surface area contributed by atoms with Gasteiger partial charge in [-0.2, -0.15) is 5.10 Å². The number of aromatic amines is 1. The predicted octanol–water partition coefficient (Wildman–Crippen LogP) is 5.72. The minimum absolute atomic E-state index is 0.0493. The molecular weight excluding hydrogens is 508 g/mol. The van der Waals surface area contributed by atoms with E-state index in [-0.39, 0.29) is 11.4 Å². The molecule has 202 valence electrons. The maximum absolute atomic E-state index is 14.2. The van der Waals surface area contributed by atoms with Gasteiger partial charge in [0.2, 0.25) is 0 Å². The van der Waals surface area contributed by atoms with E-state index < -0.39 is 17.6 Å². The summed E-state index contributed by atoms with van der Waals surface area (Å²) in [5.41, 5.74) is 2.86. The monoisotopic (exact) mass is 535 g/mol. The number of nitrogens with one attached hydrogen (secondary N) is 1. The van der Waals surface area contributed by atoms with Crippen LogP contribution in [0.15, 0.2) is 52.1 Å². The molecule has 0 saturated heterocycles. The van der Waals surface area contributed by atoms with Crippen LogP contribution in [0, 0.1) is 11.6 Å². The van der Waals surface area contributed by atoms with Crippen LogP contribution in [0.5, 0.6) is 5.75 Å². The summed E-state index contributed by atoms with van der Waals surface area (Å²) >= 11 is 0. The molecule has 11 heteroatoms. The van der Waals surface area contributed by atoms with Gasteiger partial charge in [-0.15, -0.1) is 0 Å². The van der Waals surface area contributed by atoms with Crippen molar-refractivity contribution in [3.63, 3.8) is 0 Å². The first-order valence-corrected chi connectivity index (χ1v) is 12.7. The lowest BCUT2D eigenvalue weighted by Gasteiger charge is -2.19. The number of benzene rings is 2. The summed E-state index contributed by atoms with van der Waals surface area (Å²) in [7, 11) is 0. The third-order valence-electron chi connectivity index (χ3n) is 5.99. The Kier molecular flexibility index (Phi) is 7.67. The van der Waals surface area contributed by atoms with Gasteiger partial charge in [0.15, 0.2) is 17.4 Å². The molecule has 0 unspecified atom stereocenters. The fourth-order valence-electron chi connectivity index (χ4n) is 4.08. The molecule has 3 heterocycles. The molecule has 0 radical (unpaired) electrons. The van der Waals surface area contributed by atoms with Crippen molar-refractivity contribution >= 4 is 12.2 Å². The topological polar surface area (TPSA) is 106 Å². The Hall–Kier alpha value is -4.54. The zero-order valence-electron chi connectivity index (χ0n) is 21.5. The summed E-state index contributed by atoms with van der Waals surface area (Å²) in [5, 5.41) is 10.3. The smallest absolute Gasteiger partial charge is 0.341 e. The molecule has 1 N–H and O–H groups in total. The zero-order chi connectivity index (χ0) is 27.4. The van der Waals surface area contributed by atoms with Crippen molar-refractivity contribution in [2.24, 2.45) is 5.10 Å². The first kappa shape index (κ1) is 26.1. The van der Waals surface area contributed by atoms with Crippen molar-refractivity contribution in [2.45, 2.75) is 39.8 Å². The van der Waals surface area contributed by atoms with Crippen LogP contribution in [-0.2, 0) is 17.8 Å². The number of H-pyrrole nitrogens is 1. The maximum Gasteiger partial charge on any atom is 0.341 e. The standard InChI is InChI=1S/C28H27F2N5O4/c1-3-10-37-25-9-8-17(12-20(25)28(36)38-11-4-2)22-13-18(39-34-22)15-35-16-24-23(14-31-35)32-27(33-24)19-6-5-7-21(29)26(19)30/h5-9,12-14H,3-4,10-11,15-16H2,1-2H3,(H,32,33). The van der Waals surface area contributed by atoms with Gasteiger partial charge in [-0.25, -0.2) is 18.6 Å². The number of hydrogen-bond donors (Lipinski definition) is 1. The molecule has 9 nitrogen and oxygen atoms in total. The molecule has 0 fully saturated rings. The number of rotatable bonds is 10. The molecular formula is C28H27F2N5O4. The van der Waals surface area contributed by atoms with Gasteiger partial charge in [-0.05, 0) is 43.2 Å². The Morgan fingerprint density at radius 3 is 2.79 bits per heavy atom. The number of esters is 1. The Balaban J connectivity index is 1.30. The zero-order valence-corrected chi connectivity index (χ0v) is 21.5. The van der Waals surface area contributed by atoms with Crippen LogP contribution in [0.3, 0.4) is 0 Å². The molecule has 0 aliphatic carbocycles. The molecule has 2 aromatic heterocycles. The van der Waals surface area contributed by atoms with Crippen molar-refractivity contribution in [3.8, 4) is 28.4 Å². The summed E-state index contributed by atoms with van der Waals surface area (Å²) in [4.78, 5) is 20.1. The molecule has 5 rings (SSSR count). The Bertz CT molecular complexity index is 1510. The normalized spacial score (nSPS) is 12.5. The van der Waals surface area contributed by atoms with Gasteiger partial charge >= 0.3 is 5.97 Å². The quantitative estimate of drug-likeness (QED) is 0.259. The van der Waals surface area contributed by atoms with Crippen LogP contribution < -0.4 is 4.74 Å². The van der Waals surface area contributed by atoms with E-state index in [0.29, 0.717) is 72.4 Å². The van der Waals surface area contributed by atoms with Crippen molar-refractivity contribution in [1.29, 1.82) is 0 Å². The van der Waals surface area contributed by atoms with Crippen LogP contribution in [0.1, 0.15) is 54.2 Å². The van der Waals surface area contributed by atoms with E-state index in [1.807, 2.05) is 19.9 Å². The lowest BCUT2D eigenvalue weighted by Crippen LogP contribution is -2.21. The molecule has 0 amide bonds.